The Kier molecular flexibility index (Phi) is 6.29. The van der Waals surface area contributed by atoms with Gasteiger partial charge < -0.3 is 10.1 Å². The van der Waals surface area contributed by atoms with Crippen molar-refractivity contribution in [2.75, 3.05) is 19.6 Å². The molecule has 1 N–H and O–H groups in total. The highest BCUT2D eigenvalue weighted by molar-refractivity contribution is 5.78. The number of benzene rings is 2. The van der Waals surface area contributed by atoms with Crippen LogP contribution in [0, 0.1) is 5.92 Å². The Morgan fingerprint density at radius 2 is 1.92 bits per heavy atom. The average Bonchev–Trinajstić information content (AvgIpc) is 2.87. The number of fused-ring (bicyclic) bond motifs is 1. The van der Waals surface area contributed by atoms with E-state index in [9.17, 15) is 4.79 Å². The van der Waals surface area contributed by atoms with E-state index in [1.165, 1.54) is 11.1 Å². The summed E-state index contributed by atoms with van der Waals surface area (Å²) in [5.41, 5.74) is 2.37. The first-order valence-corrected chi connectivity index (χ1v) is 9.47. The van der Waals surface area contributed by atoms with Gasteiger partial charge >= 0.3 is 0 Å². The van der Waals surface area contributed by atoms with Crippen LogP contribution in [-0.4, -0.2) is 30.4 Å². The molecule has 0 saturated heterocycles. The molecule has 2 aromatic carbocycles. The number of nitrogens with one attached hydrogen (secondary N) is 1. The zero-order valence-electron chi connectivity index (χ0n) is 15.7. The van der Waals surface area contributed by atoms with E-state index in [-0.39, 0.29) is 17.9 Å². The van der Waals surface area contributed by atoms with Crippen LogP contribution in [0.5, 0.6) is 5.75 Å². The van der Waals surface area contributed by atoms with Crippen LogP contribution in [0.25, 0.3) is 0 Å². The van der Waals surface area contributed by atoms with Crippen LogP contribution >= 0.6 is 0 Å². The molecule has 138 valence electrons. The Morgan fingerprint density at radius 3 is 2.69 bits per heavy atom. The number of amides is 1. The van der Waals surface area contributed by atoms with Gasteiger partial charge in [-0.1, -0.05) is 62.4 Å². The highest BCUT2D eigenvalue weighted by Crippen LogP contribution is 2.30. The number of para-hydroxylation sites is 1. The smallest absolute Gasteiger partial charge is 0.222 e. The molecular formula is C22H28N2O2. The van der Waals surface area contributed by atoms with Crippen molar-refractivity contribution in [3.8, 4) is 5.75 Å². The maximum absolute atomic E-state index is 12.0. The molecule has 1 amide bonds. The van der Waals surface area contributed by atoms with E-state index < -0.39 is 0 Å². The van der Waals surface area contributed by atoms with Gasteiger partial charge in [-0.2, -0.15) is 0 Å². The highest BCUT2D eigenvalue weighted by atomic mass is 16.5. The SMILES string of the molecule is CCC(C)C(=O)NCCN1Cc2ccccc2OC(c2ccccc2)C1. The minimum Gasteiger partial charge on any atom is -0.484 e. The molecule has 4 heteroatoms. The first-order valence-electron chi connectivity index (χ1n) is 9.47. The van der Waals surface area contributed by atoms with E-state index in [0.717, 1.165) is 31.8 Å². The van der Waals surface area contributed by atoms with E-state index in [2.05, 4.69) is 28.4 Å². The summed E-state index contributed by atoms with van der Waals surface area (Å²) in [6, 6.07) is 18.6. The maximum Gasteiger partial charge on any atom is 0.222 e. The topological polar surface area (TPSA) is 41.6 Å². The van der Waals surface area contributed by atoms with Gasteiger partial charge in [0.25, 0.3) is 0 Å². The van der Waals surface area contributed by atoms with Crippen LogP contribution in [0.1, 0.15) is 37.5 Å². The standard InChI is InChI=1S/C22H28N2O2/c1-3-17(2)22(25)23-13-14-24-15-19-11-7-8-12-20(19)26-21(16-24)18-9-5-4-6-10-18/h4-12,17,21H,3,13-16H2,1-2H3,(H,23,25). The van der Waals surface area contributed by atoms with Crippen molar-refractivity contribution in [1.29, 1.82) is 0 Å². The number of hydrogen-bond acceptors (Lipinski definition) is 3. The lowest BCUT2D eigenvalue weighted by atomic mass is 10.1. The second-order valence-electron chi connectivity index (χ2n) is 6.96. The normalized spacial score (nSPS) is 18.3. The van der Waals surface area contributed by atoms with Gasteiger partial charge in [-0.05, 0) is 18.1 Å². The van der Waals surface area contributed by atoms with Crippen molar-refractivity contribution in [2.24, 2.45) is 5.92 Å². The van der Waals surface area contributed by atoms with Crippen molar-refractivity contribution in [3.05, 3.63) is 65.7 Å². The Bertz CT molecular complexity index is 717. The van der Waals surface area contributed by atoms with Crippen LogP contribution in [-0.2, 0) is 11.3 Å². The van der Waals surface area contributed by atoms with Crippen LogP contribution in [0.15, 0.2) is 54.6 Å². The maximum atomic E-state index is 12.0. The Hall–Kier alpha value is -2.33. The van der Waals surface area contributed by atoms with E-state index in [1.54, 1.807) is 0 Å². The first-order chi connectivity index (χ1) is 12.7. The van der Waals surface area contributed by atoms with E-state index in [0.29, 0.717) is 6.54 Å². The second-order valence-corrected chi connectivity index (χ2v) is 6.96. The lowest BCUT2D eigenvalue weighted by molar-refractivity contribution is -0.124. The first kappa shape index (κ1) is 18.5. The number of nitrogens with zero attached hydrogens (tertiary/aromatic N) is 1. The molecule has 0 aliphatic carbocycles. The summed E-state index contributed by atoms with van der Waals surface area (Å²) >= 11 is 0. The molecule has 1 aliphatic rings. The number of ether oxygens (including phenoxy) is 1. The van der Waals surface area contributed by atoms with E-state index in [4.69, 9.17) is 4.74 Å². The van der Waals surface area contributed by atoms with Crippen molar-refractivity contribution < 1.29 is 9.53 Å². The molecule has 0 saturated carbocycles. The van der Waals surface area contributed by atoms with Gasteiger partial charge in [-0.3, -0.25) is 9.69 Å². The molecule has 1 heterocycles. The van der Waals surface area contributed by atoms with Gasteiger partial charge in [-0.25, -0.2) is 0 Å². The third kappa shape index (κ3) is 4.64. The monoisotopic (exact) mass is 352 g/mol. The molecular weight excluding hydrogens is 324 g/mol. The fraction of sp³-hybridized carbons (Fsp3) is 0.409. The summed E-state index contributed by atoms with van der Waals surface area (Å²) in [7, 11) is 0. The summed E-state index contributed by atoms with van der Waals surface area (Å²) in [4.78, 5) is 14.4. The Balaban J connectivity index is 1.70. The van der Waals surface area contributed by atoms with Crippen LogP contribution in [0.4, 0.5) is 0 Å². The van der Waals surface area contributed by atoms with E-state index in [1.807, 2.05) is 50.2 Å². The highest BCUT2D eigenvalue weighted by Gasteiger charge is 2.24. The minimum absolute atomic E-state index is 0.00915. The van der Waals surface area contributed by atoms with Crippen molar-refractivity contribution in [1.82, 2.24) is 10.2 Å². The number of hydrogen-bond donors (Lipinski definition) is 1. The van der Waals surface area contributed by atoms with Gasteiger partial charge in [0.15, 0.2) is 0 Å². The summed E-state index contributed by atoms with van der Waals surface area (Å²) in [5, 5.41) is 3.06. The predicted octanol–water partition coefficient (Wildman–Crippen LogP) is 3.78. The van der Waals surface area contributed by atoms with Crippen LogP contribution in [0.3, 0.4) is 0 Å². The van der Waals surface area contributed by atoms with Crippen LogP contribution in [0.2, 0.25) is 0 Å². The lowest BCUT2D eigenvalue weighted by Crippen LogP contribution is -2.38. The molecule has 4 nitrogen and oxygen atoms in total. The van der Waals surface area contributed by atoms with Crippen molar-refractivity contribution >= 4 is 5.91 Å². The Morgan fingerprint density at radius 1 is 1.19 bits per heavy atom. The Labute approximate surface area is 156 Å². The van der Waals surface area contributed by atoms with Crippen molar-refractivity contribution in [3.63, 3.8) is 0 Å². The van der Waals surface area contributed by atoms with Gasteiger partial charge in [0.05, 0.1) is 0 Å². The largest absolute Gasteiger partial charge is 0.484 e. The van der Waals surface area contributed by atoms with Gasteiger partial charge in [0.1, 0.15) is 11.9 Å². The summed E-state index contributed by atoms with van der Waals surface area (Å²) in [6.45, 7) is 7.11. The fourth-order valence-electron chi connectivity index (χ4n) is 3.19. The molecule has 0 aromatic heterocycles. The minimum atomic E-state index is -0.00915. The number of rotatable bonds is 6. The second kappa shape index (κ2) is 8.86. The number of carbonyl (C=O) groups excluding carboxylic acids is 1. The molecule has 0 bridgehead atoms. The molecule has 0 radical (unpaired) electrons. The fourth-order valence-corrected chi connectivity index (χ4v) is 3.19. The molecule has 26 heavy (non-hydrogen) atoms. The van der Waals surface area contributed by atoms with Gasteiger partial charge in [0, 0.05) is 37.7 Å². The summed E-state index contributed by atoms with van der Waals surface area (Å²) in [5.74, 6) is 1.16. The molecule has 0 spiro atoms. The third-order valence-electron chi connectivity index (χ3n) is 5.02. The molecule has 1 aliphatic heterocycles. The molecule has 0 fully saturated rings. The third-order valence-corrected chi connectivity index (χ3v) is 5.02. The summed E-state index contributed by atoms with van der Waals surface area (Å²) < 4.78 is 6.33. The molecule has 2 aromatic rings. The molecule has 3 rings (SSSR count). The van der Waals surface area contributed by atoms with Crippen LogP contribution < -0.4 is 10.1 Å². The number of carbonyl (C=O) groups is 1. The van der Waals surface area contributed by atoms with E-state index >= 15 is 0 Å². The quantitative estimate of drug-likeness (QED) is 0.860. The van der Waals surface area contributed by atoms with Gasteiger partial charge in [-0.15, -0.1) is 0 Å². The zero-order chi connectivity index (χ0) is 18.4. The predicted molar refractivity (Wildman–Crippen MR) is 104 cm³/mol. The van der Waals surface area contributed by atoms with Gasteiger partial charge in [0.2, 0.25) is 5.91 Å². The zero-order valence-corrected chi connectivity index (χ0v) is 15.7. The van der Waals surface area contributed by atoms with Crippen molar-refractivity contribution in [2.45, 2.75) is 32.9 Å². The average molecular weight is 352 g/mol. The molecule has 2 unspecified atom stereocenters. The lowest BCUT2D eigenvalue weighted by Gasteiger charge is -2.24. The summed E-state index contributed by atoms with van der Waals surface area (Å²) in [6.07, 6.45) is 0.859. The molecule has 2 atom stereocenters.